The van der Waals surface area contributed by atoms with Crippen molar-refractivity contribution in [3.8, 4) is 5.75 Å². The molecule has 0 aliphatic carbocycles. The normalized spacial score (nSPS) is 10.0. The van der Waals surface area contributed by atoms with E-state index >= 15 is 0 Å². The third-order valence-electron chi connectivity index (χ3n) is 1.70. The molecule has 5 heteroatoms. The number of nitrogens with two attached hydrogens (primary N) is 1. The van der Waals surface area contributed by atoms with Gasteiger partial charge in [0, 0.05) is 16.5 Å². The summed E-state index contributed by atoms with van der Waals surface area (Å²) >= 11 is 11.6. The molecule has 0 amide bonds. The second kappa shape index (κ2) is 5.83. The van der Waals surface area contributed by atoms with Gasteiger partial charge < -0.3 is 10.5 Å². The van der Waals surface area contributed by atoms with Crippen LogP contribution in [0.5, 0.6) is 5.75 Å². The summed E-state index contributed by atoms with van der Waals surface area (Å²) < 4.78 is 5.40. The molecule has 0 bridgehead atoms. The number of benzene rings is 1. The second-order valence-electron chi connectivity index (χ2n) is 3.08. The zero-order valence-corrected chi connectivity index (χ0v) is 9.61. The number of nitrogens with one attached hydrogen (secondary N) is 1. The van der Waals surface area contributed by atoms with E-state index in [-0.39, 0.29) is 5.84 Å². The molecule has 3 nitrogen and oxygen atoms in total. The zero-order valence-electron chi connectivity index (χ0n) is 8.09. The molecular weight excluding hydrogens is 235 g/mol. The maximum Gasteiger partial charge on any atom is 0.122 e. The van der Waals surface area contributed by atoms with E-state index in [1.165, 1.54) is 0 Å². The Morgan fingerprint density at radius 1 is 1.27 bits per heavy atom. The lowest BCUT2D eigenvalue weighted by molar-refractivity contribution is 0.313. The summed E-state index contributed by atoms with van der Waals surface area (Å²) in [6.07, 6.45) is 1.24. The van der Waals surface area contributed by atoms with Crippen LogP contribution in [0.4, 0.5) is 0 Å². The minimum atomic E-state index is 0.169. The Labute approximate surface area is 98.6 Å². The highest BCUT2D eigenvalue weighted by Crippen LogP contribution is 2.24. The molecule has 1 rings (SSSR count). The number of rotatable bonds is 5. The Morgan fingerprint density at radius 3 is 2.40 bits per heavy atom. The van der Waals surface area contributed by atoms with Gasteiger partial charge in [-0.05, 0) is 24.6 Å². The maximum absolute atomic E-state index is 7.03. The van der Waals surface area contributed by atoms with Gasteiger partial charge in [-0.1, -0.05) is 23.2 Å². The average Bonchev–Trinajstić information content (AvgIpc) is 2.10. The lowest BCUT2D eigenvalue weighted by Crippen LogP contribution is -2.10. The molecule has 0 aliphatic rings. The van der Waals surface area contributed by atoms with Crippen molar-refractivity contribution in [3.05, 3.63) is 28.2 Å². The first-order valence-corrected chi connectivity index (χ1v) is 5.25. The van der Waals surface area contributed by atoms with E-state index in [4.69, 9.17) is 39.1 Å². The number of amidine groups is 1. The van der Waals surface area contributed by atoms with E-state index in [9.17, 15) is 0 Å². The van der Waals surface area contributed by atoms with Gasteiger partial charge in [-0.25, -0.2) is 0 Å². The molecule has 0 aliphatic heterocycles. The first-order chi connectivity index (χ1) is 7.08. The summed E-state index contributed by atoms with van der Waals surface area (Å²) in [5.41, 5.74) is 5.21. The van der Waals surface area contributed by atoms with Gasteiger partial charge in [-0.3, -0.25) is 5.41 Å². The topological polar surface area (TPSA) is 59.1 Å². The van der Waals surface area contributed by atoms with Crippen molar-refractivity contribution >= 4 is 29.0 Å². The minimum absolute atomic E-state index is 0.169. The second-order valence-corrected chi connectivity index (χ2v) is 3.96. The fourth-order valence-electron chi connectivity index (χ4n) is 1.06. The highest BCUT2D eigenvalue weighted by atomic mass is 35.5. The standard InChI is InChI=1S/C10H12Cl2N2O/c11-7-4-8(12)6-9(5-7)15-3-1-2-10(13)14/h4-6H,1-3H2,(H3,13,14). The van der Waals surface area contributed by atoms with E-state index in [0.29, 0.717) is 35.2 Å². The lowest BCUT2D eigenvalue weighted by atomic mass is 10.3. The van der Waals surface area contributed by atoms with Gasteiger partial charge in [0.05, 0.1) is 12.4 Å². The summed E-state index contributed by atoms with van der Waals surface area (Å²) in [7, 11) is 0. The van der Waals surface area contributed by atoms with Crippen molar-refractivity contribution in [2.45, 2.75) is 12.8 Å². The molecule has 0 aromatic heterocycles. The number of hydrogen-bond acceptors (Lipinski definition) is 2. The van der Waals surface area contributed by atoms with Crippen LogP contribution in [0.1, 0.15) is 12.8 Å². The summed E-state index contributed by atoms with van der Waals surface area (Å²) in [5, 5.41) is 8.12. The van der Waals surface area contributed by atoms with Crippen LogP contribution in [-0.4, -0.2) is 12.4 Å². The molecular formula is C10H12Cl2N2O. The molecule has 1 aromatic carbocycles. The Bertz CT molecular complexity index is 335. The van der Waals surface area contributed by atoms with Gasteiger partial charge in [0.1, 0.15) is 5.75 Å². The van der Waals surface area contributed by atoms with Crippen LogP contribution >= 0.6 is 23.2 Å². The van der Waals surface area contributed by atoms with E-state index < -0.39 is 0 Å². The van der Waals surface area contributed by atoms with Crippen molar-refractivity contribution in [3.63, 3.8) is 0 Å². The minimum Gasteiger partial charge on any atom is -0.493 e. The van der Waals surface area contributed by atoms with Crippen molar-refractivity contribution in [1.29, 1.82) is 5.41 Å². The predicted molar refractivity (Wildman–Crippen MR) is 63.1 cm³/mol. The first-order valence-electron chi connectivity index (χ1n) is 4.50. The molecule has 15 heavy (non-hydrogen) atoms. The first kappa shape index (κ1) is 12.1. The Kier molecular flexibility index (Phi) is 4.72. The molecule has 1 aromatic rings. The summed E-state index contributed by atoms with van der Waals surface area (Å²) in [6, 6.07) is 5.04. The van der Waals surface area contributed by atoms with E-state index in [1.54, 1.807) is 18.2 Å². The third kappa shape index (κ3) is 4.91. The summed E-state index contributed by atoms with van der Waals surface area (Å²) in [4.78, 5) is 0. The molecule has 0 atom stereocenters. The maximum atomic E-state index is 7.03. The fourth-order valence-corrected chi connectivity index (χ4v) is 1.57. The predicted octanol–water partition coefficient (Wildman–Crippen LogP) is 3.09. The Balaban J connectivity index is 2.40. The van der Waals surface area contributed by atoms with Gasteiger partial charge in [0.2, 0.25) is 0 Å². The SMILES string of the molecule is N=C(N)CCCOc1cc(Cl)cc(Cl)c1. The van der Waals surface area contributed by atoms with E-state index in [2.05, 4.69) is 0 Å². The largest absolute Gasteiger partial charge is 0.493 e. The molecule has 3 N–H and O–H groups in total. The average molecular weight is 247 g/mol. The molecule has 0 spiro atoms. The van der Waals surface area contributed by atoms with Gasteiger partial charge in [-0.15, -0.1) is 0 Å². The van der Waals surface area contributed by atoms with Crippen LogP contribution in [0.15, 0.2) is 18.2 Å². The number of ether oxygens (including phenoxy) is 1. The molecule has 0 saturated carbocycles. The van der Waals surface area contributed by atoms with Gasteiger partial charge in [0.15, 0.2) is 0 Å². The Hall–Kier alpha value is -0.930. The van der Waals surface area contributed by atoms with Crippen molar-refractivity contribution in [1.82, 2.24) is 0 Å². The van der Waals surface area contributed by atoms with Crippen LogP contribution in [0.2, 0.25) is 10.0 Å². The number of halogens is 2. The van der Waals surface area contributed by atoms with Crippen LogP contribution in [0.3, 0.4) is 0 Å². The van der Waals surface area contributed by atoms with Crippen molar-refractivity contribution in [2.24, 2.45) is 5.73 Å². The number of hydrogen-bond donors (Lipinski definition) is 2. The smallest absolute Gasteiger partial charge is 0.122 e. The highest BCUT2D eigenvalue weighted by molar-refractivity contribution is 6.34. The highest BCUT2D eigenvalue weighted by Gasteiger charge is 1.99. The Morgan fingerprint density at radius 2 is 1.87 bits per heavy atom. The quantitative estimate of drug-likeness (QED) is 0.477. The van der Waals surface area contributed by atoms with Crippen molar-refractivity contribution < 1.29 is 4.74 Å². The van der Waals surface area contributed by atoms with Crippen LogP contribution in [0, 0.1) is 5.41 Å². The lowest BCUT2D eigenvalue weighted by Gasteiger charge is -2.06. The van der Waals surface area contributed by atoms with Gasteiger partial charge in [0.25, 0.3) is 0 Å². The molecule has 82 valence electrons. The zero-order chi connectivity index (χ0) is 11.3. The summed E-state index contributed by atoms with van der Waals surface area (Å²) in [6.45, 7) is 0.496. The van der Waals surface area contributed by atoms with Crippen molar-refractivity contribution in [2.75, 3.05) is 6.61 Å². The molecule has 0 unspecified atom stereocenters. The van der Waals surface area contributed by atoms with Crippen LogP contribution < -0.4 is 10.5 Å². The molecule has 0 fully saturated rings. The molecule has 0 heterocycles. The van der Waals surface area contributed by atoms with E-state index in [1.807, 2.05) is 0 Å². The van der Waals surface area contributed by atoms with E-state index in [0.717, 1.165) is 0 Å². The van der Waals surface area contributed by atoms with Gasteiger partial charge >= 0.3 is 0 Å². The molecule has 0 saturated heterocycles. The van der Waals surface area contributed by atoms with Crippen LogP contribution in [-0.2, 0) is 0 Å². The van der Waals surface area contributed by atoms with Crippen LogP contribution in [0.25, 0.3) is 0 Å². The van der Waals surface area contributed by atoms with Gasteiger partial charge in [-0.2, -0.15) is 0 Å². The third-order valence-corrected chi connectivity index (χ3v) is 2.13. The monoisotopic (exact) mass is 246 g/mol. The fraction of sp³-hybridized carbons (Fsp3) is 0.300. The molecule has 0 radical (unpaired) electrons. The summed E-state index contributed by atoms with van der Waals surface area (Å²) in [5.74, 6) is 0.804.